The van der Waals surface area contributed by atoms with Gasteiger partial charge in [0.05, 0.1) is 12.1 Å². The lowest BCUT2D eigenvalue weighted by Gasteiger charge is -2.16. The molecule has 1 aromatic carbocycles. The first-order chi connectivity index (χ1) is 8.19. The fraction of sp³-hybridized carbons (Fsp3) is 0.500. The summed E-state index contributed by atoms with van der Waals surface area (Å²) in [6.07, 6.45) is 3.84. The summed E-state index contributed by atoms with van der Waals surface area (Å²) in [6.45, 7) is 0. The molecule has 2 atom stereocenters. The van der Waals surface area contributed by atoms with Crippen LogP contribution in [0.5, 0.6) is 0 Å². The molecule has 0 unspecified atom stereocenters. The van der Waals surface area contributed by atoms with Gasteiger partial charge >= 0.3 is 0 Å². The summed E-state index contributed by atoms with van der Waals surface area (Å²) in [4.78, 5) is 12.0. The number of hydrogen-bond acceptors (Lipinski definition) is 2. The molecule has 1 aromatic rings. The number of carbonyl (C=O) groups is 1. The maximum Gasteiger partial charge on any atom is 0.251 e. The molecule has 0 saturated heterocycles. The van der Waals surface area contributed by atoms with Gasteiger partial charge in [-0.2, -0.15) is 0 Å². The van der Waals surface area contributed by atoms with Gasteiger partial charge in [0, 0.05) is 5.56 Å². The van der Waals surface area contributed by atoms with Crippen molar-refractivity contribution in [3.05, 3.63) is 35.9 Å². The molecule has 3 rings (SSSR count). The number of benzene rings is 1. The second-order valence-corrected chi connectivity index (χ2v) is 5.42. The van der Waals surface area contributed by atoms with Crippen LogP contribution in [0.1, 0.15) is 36.0 Å². The molecular formula is C14H17NO2. The number of amides is 1. The lowest BCUT2D eigenvalue weighted by Crippen LogP contribution is -2.39. The molecule has 3 heteroatoms. The van der Waals surface area contributed by atoms with Crippen LogP contribution in [0.25, 0.3) is 0 Å². The normalized spacial score (nSPS) is 29.2. The molecular weight excluding hydrogens is 214 g/mol. The highest BCUT2D eigenvalue weighted by Crippen LogP contribution is 2.57. The Labute approximate surface area is 101 Å². The molecule has 3 nitrogen and oxygen atoms in total. The van der Waals surface area contributed by atoms with Crippen LogP contribution in [-0.4, -0.2) is 23.2 Å². The topological polar surface area (TPSA) is 49.3 Å². The molecule has 0 aliphatic heterocycles. The average molecular weight is 231 g/mol. The molecule has 2 fully saturated rings. The molecule has 2 aliphatic rings. The van der Waals surface area contributed by atoms with Crippen LogP contribution >= 0.6 is 0 Å². The molecule has 1 amide bonds. The number of carbonyl (C=O) groups excluding carboxylic acids is 1. The molecule has 0 heterocycles. The van der Waals surface area contributed by atoms with Crippen molar-refractivity contribution < 1.29 is 9.90 Å². The van der Waals surface area contributed by atoms with E-state index in [9.17, 15) is 9.90 Å². The van der Waals surface area contributed by atoms with Gasteiger partial charge in [0.15, 0.2) is 0 Å². The molecule has 0 aromatic heterocycles. The lowest BCUT2D eigenvalue weighted by molar-refractivity contribution is 0.0872. The van der Waals surface area contributed by atoms with E-state index < -0.39 is 0 Å². The third-order valence-corrected chi connectivity index (χ3v) is 4.07. The van der Waals surface area contributed by atoms with E-state index in [1.807, 2.05) is 18.2 Å². The van der Waals surface area contributed by atoms with Crippen LogP contribution < -0.4 is 5.32 Å². The summed E-state index contributed by atoms with van der Waals surface area (Å²) in [5, 5.41) is 12.9. The first kappa shape index (κ1) is 10.8. The van der Waals surface area contributed by atoms with Crippen molar-refractivity contribution in [1.29, 1.82) is 0 Å². The zero-order chi connectivity index (χ0) is 11.9. The first-order valence-corrected chi connectivity index (χ1v) is 6.23. The Balaban J connectivity index is 1.66. The maximum atomic E-state index is 12.0. The van der Waals surface area contributed by atoms with E-state index in [1.165, 1.54) is 12.8 Å². The van der Waals surface area contributed by atoms with Gasteiger partial charge in [0.1, 0.15) is 0 Å². The van der Waals surface area contributed by atoms with Gasteiger partial charge in [-0.05, 0) is 43.2 Å². The molecule has 17 heavy (non-hydrogen) atoms. The van der Waals surface area contributed by atoms with Crippen molar-refractivity contribution in [1.82, 2.24) is 5.32 Å². The minimum Gasteiger partial charge on any atom is -0.391 e. The van der Waals surface area contributed by atoms with Gasteiger partial charge in [-0.15, -0.1) is 0 Å². The maximum absolute atomic E-state index is 12.0. The van der Waals surface area contributed by atoms with E-state index in [-0.39, 0.29) is 18.1 Å². The summed E-state index contributed by atoms with van der Waals surface area (Å²) in [7, 11) is 0. The smallest absolute Gasteiger partial charge is 0.251 e. The van der Waals surface area contributed by atoms with E-state index in [2.05, 4.69) is 5.32 Å². The Morgan fingerprint density at radius 3 is 2.53 bits per heavy atom. The Morgan fingerprint density at radius 1 is 1.24 bits per heavy atom. The highest BCUT2D eigenvalue weighted by Gasteiger charge is 2.52. The van der Waals surface area contributed by atoms with Gasteiger partial charge in [0.25, 0.3) is 5.91 Å². The van der Waals surface area contributed by atoms with Crippen molar-refractivity contribution in [2.75, 3.05) is 0 Å². The highest BCUT2D eigenvalue weighted by atomic mass is 16.3. The Morgan fingerprint density at radius 2 is 1.94 bits per heavy atom. The van der Waals surface area contributed by atoms with Gasteiger partial charge in [-0.25, -0.2) is 0 Å². The number of nitrogens with one attached hydrogen (secondary N) is 1. The largest absolute Gasteiger partial charge is 0.391 e. The molecule has 90 valence electrons. The van der Waals surface area contributed by atoms with Crippen molar-refractivity contribution >= 4 is 5.91 Å². The van der Waals surface area contributed by atoms with Gasteiger partial charge in [-0.3, -0.25) is 4.79 Å². The van der Waals surface area contributed by atoms with E-state index in [4.69, 9.17) is 0 Å². The second-order valence-electron chi connectivity index (χ2n) is 5.42. The van der Waals surface area contributed by atoms with Crippen LogP contribution in [0.2, 0.25) is 0 Å². The van der Waals surface area contributed by atoms with Gasteiger partial charge < -0.3 is 10.4 Å². The molecule has 1 spiro atoms. The van der Waals surface area contributed by atoms with E-state index in [0.717, 1.165) is 12.8 Å². The highest BCUT2D eigenvalue weighted by molar-refractivity contribution is 5.94. The third-order valence-electron chi connectivity index (χ3n) is 4.07. The Kier molecular flexibility index (Phi) is 2.44. The monoisotopic (exact) mass is 231 g/mol. The zero-order valence-electron chi connectivity index (χ0n) is 9.73. The zero-order valence-corrected chi connectivity index (χ0v) is 9.73. The molecule has 0 radical (unpaired) electrons. The Hall–Kier alpha value is -1.35. The minimum absolute atomic E-state index is 0.0646. The predicted octanol–water partition coefficient (Wildman–Crippen LogP) is 1.72. The van der Waals surface area contributed by atoms with Gasteiger partial charge in [0.2, 0.25) is 0 Å². The van der Waals surface area contributed by atoms with Crippen molar-refractivity contribution in [3.63, 3.8) is 0 Å². The standard InChI is InChI=1S/C14H17NO2/c16-12-9-14(6-7-14)8-11(12)15-13(17)10-4-2-1-3-5-10/h1-5,11-12,16H,6-9H2,(H,15,17)/t11-,12-/m0/s1. The van der Waals surface area contributed by atoms with Crippen LogP contribution in [-0.2, 0) is 0 Å². The average Bonchev–Trinajstić information content (AvgIpc) is 3.01. The van der Waals surface area contributed by atoms with Crippen LogP contribution in [0.4, 0.5) is 0 Å². The minimum atomic E-state index is -0.370. The molecule has 0 bridgehead atoms. The molecule has 2 saturated carbocycles. The Bertz CT molecular complexity index is 425. The van der Waals surface area contributed by atoms with E-state index in [0.29, 0.717) is 11.0 Å². The van der Waals surface area contributed by atoms with Crippen LogP contribution in [0, 0.1) is 5.41 Å². The molecule has 2 aliphatic carbocycles. The summed E-state index contributed by atoms with van der Waals surface area (Å²) in [5.74, 6) is -0.0765. The SMILES string of the molecule is O=C(N[C@H]1CC2(CC2)C[C@@H]1O)c1ccccc1. The van der Waals surface area contributed by atoms with Crippen molar-refractivity contribution in [2.24, 2.45) is 5.41 Å². The third kappa shape index (κ3) is 2.07. The van der Waals surface area contributed by atoms with E-state index >= 15 is 0 Å². The lowest BCUT2D eigenvalue weighted by atomic mass is 10.1. The quantitative estimate of drug-likeness (QED) is 0.814. The first-order valence-electron chi connectivity index (χ1n) is 6.23. The van der Waals surface area contributed by atoms with Gasteiger partial charge in [-0.1, -0.05) is 18.2 Å². The summed E-state index contributed by atoms with van der Waals surface area (Å²) in [5.41, 5.74) is 1.02. The predicted molar refractivity (Wildman–Crippen MR) is 64.6 cm³/mol. The summed E-state index contributed by atoms with van der Waals surface area (Å²) < 4.78 is 0. The van der Waals surface area contributed by atoms with E-state index in [1.54, 1.807) is 12.1 Å². The molecule has 2 N–H and O–H groups in total. The summed E-state index contributed by atoms with van der Waals surface area (Å²) >= 11 is 0. The van der Waals surface area contributed by atoms with Crippen LogP contribution in [0.3, 0.4) is 0 Å². The second kappa shape index (κ2) is 3.84. The number of hydrogen-bond donors (Lipinski definition) is 2. The summed E-state index contributed by atoms with van der Waals surface area (Å²) in [6, 6.07) is 9.11. The van der Waals surface area contributed by atoms with Crippen LogP contribution in [0.15, 0.2) is 30.3 Å². The number of aliphatic hydroxyl groups is 1. The van der Waals surface area contributed by atoms with Crippen molar-refractivity contribution in [2.45, 2.75) is 37.8 Å². The number of rotatable bonds is 2. The fourth-order valence-electron chi connectivity index (χ4n) is 2.85. The van der Waals surface area contributed by atoms with Crippen molar-refractivity contribution in [3.8, 4) is 0 Å². The number of aliphatic hydroxyl groups excluding tert-OH is 1. The fourth-order valence-corrected chi connectivity index (χ4v) is 2.85.